The summed E-state index contributed by atoms with van der Waals surface area (Å²) in [6.07, 6.45) is 17.5. The van der Waals surface area contributed by atoms with Gasteiger partial charge in [-0.15, -0.1) is 0 Å². The van der Waals surface area contributed by atoms with E-state index in [4.69, 9.17) is 0 Å². The fourth-order valence-corrected chi connectivity index (χ4v) is 16.3. The van der Waals surface area contributed by atoms with E-state index in [-0.39, 0.29) is 29.0 Å². The molecule has 15 unspecified atom stereocenters. The summed E-state index contributed by atoms with van der Waals surface area (Å²) in [5, 5.41) is 36.6. The predicted octanol–water partition coefficient (Wildman–Crippen LogP) is 9.91. The third-order valence-corrected chi connectivity index (χ3v) is 18.7. The Morgan fingerprint density at radius 2 is 1.40 bits per heavy atom. The van der Waals surface area contributed by atoms with Crippen LogP contribution in [0.1, 0.15) is 120 Å². The van der Waals surface area contributed by atoms with Crippen molar-refractivity contribution in [3.8, 4) is 0 Å². The smallest absolute Gasteiger partial charge is 0.0805 e. The van der Waals surface area contributed by atoms with Gasteiger partial charge in [-0.1, -0.05) is 91.9 Å². The van der Waals surface area contributed by atoms with Crippen molar-refractivity contribution in [1.29, 1.82) is 0 Å². The van der Waals surface area contributed by atoms with Crippen LogP contribution < -0.4 is 0 Å². The van der Waals surface area contributed by atoms with Crippen molar-refractivity contribution >= 4 is 0 Å². The van der Waals surface area contributed by atoms with E-state index >= 15 is 0 Å². The lowest BCUT2D eigenvalue weighted by atomic mass is 9.46. The molecule has 3 N–H and O–H groups in total. The van der Waals surface area contributed by atoms with Gasteiger partial charge in [0.05, 0.1) is 17.8 Å². The van der Waals surface area contributed by atoms with Crippen LogP contribution in [0.25, 0.3) is 0 Å². The summed E-state index contributed by atoms with van der Waals surface area (Å²) in [6.45, 7) is 7.13. The molecule has 7 fully saturated rings. The van der Waals surface area contributed by atoms with Crippen molar-refractivity contribution in [2.45, 2.75) is 140 Å². The molecule has 2 heterocycles. The van der Waals surface area contributed by atoms with Gasteiger partial charge in [0, 0.05) is 19.1 Å². The maximum Gasteiger partial charge on any atom is 0.0805 e. The first-order valence-corrected chi connectivity index (χ1v) is 23.6. The Morgan fingerprint density at radius 1 is 0.649 bits per heavy atom. The van der Waals surface area contributed by atoms with Gasteiger partial charge in [0.25, 0.3) is 0 Å². The summed E-state index contributed by atoms with van der Waals surface area (Å²) in [5.41, 5.74) is 5.07. The summed E-state index contributed by atoms with van der Waals surface area (Å²) >= 11 is 0. The van der Waals surface area contributed by atoms with Crippen molar-refractivity contribution in [1.82, 2.24) is 4.90 Å². The van der Waals surface area contributed by atoms with E-state index in [0.717, 1.165) is 70.3 Å². The Hall–Kier alpha value is -2.50. The number of piperidine rings is 2. The van der Waals surface area contributed by atoms with Gasteiger partial charge in [-0.3, -0.25) is 4.90 Å². The molecule has 5 aliphatic carbocycles. The maximum absolute atomic E-state index is 12.5. The van der Waals surface area contributed by atoms with E-state index < -0.39 is 5.60 Å². The van der Waals surface area contributed by atoms with Crippen LogP contribution >= 0.6 is 0 Å². The molecule has 1 spiro atoms. The average Bonchev–Trinajstić information content (AvgIpc) is 3.79. The molecule has 0 bridgehead atoms. The zero-order chi connectivity index (χ0) is 38.9. The van der Waals surface area contributed by atoms with Crippen LogP contribution in [0.2, 0.25) is 0 Å². The Kier molecular flexibility index (Phi) is 10.3. The highest BCUT2D eigenvalue weighted by molar-refractivity contribution is 5.30. The highest BCUT2D eigenvalue weighted by Crippen LogP contribution is 2.70. The van der Waals surface area contributed by atoms with Crippen LogP contribution in [0, 0.1) is 64.1 Å². The molecule has 10 rings (SSSR count). The largest absolute Gasteiger partial charge is 0.393 e. The molecule has 2 saturated heterocycles. The molecule has 0 aromatic heterocycles. The van der Waals surface area contributed by atoms with Crippen LogP contribution in [0.5, 0.6) is 0 Å². The minimum atomic E-state index is -0.623. The standard InChI is InChI=1S/C53H71NO3/c1-51-34-53(24-23-40(31-53)27-39-18-10-17-38(26-39)25-36-13-7-4-8-14-36)50(56)30-47(51)48(55)29-43-41-20-21-45-44(42(41)28-46(43)51)33-54-32-37(19-22-49(54)52(45,2)57)16-9-15-35-11-5-3-6-12-35/h3-8,10-14,17-18,26,37,40-50,55-57H,9,15-16,19-25,27-34H2,1-2H3. The highest BCUT2D eigenvalue weighted by Gasteiger charge is 2.67. The third-order valence-electron chi connectivity index (χ3n) is 18.7. The molecule has 4 nitrogen and oxygen atoms in total. The lowest BCUT2D eigenvalue weighted by Crippen LogP contribution is -2.67. The summed E-state index contributed by atoms with van der Waals surface area (Å²) < 4.78 is 0. The molecule has 4 heteroatoms. The van der Waals surface area contributed by atoms with Gasteiger partial charge in [0.2, 0.25) is 0 Å². The molecule has 15 atom stereocenters. The van der Waals surface area contributed by atoms with Crippen LogP contribution in [0.3, 0.4) is 0 Å². The molecule has 5 saturated carbocycles. The first-order valence-electron chi connectivity index (χ1n) is 23.6. The number of nitrogens with zero attached hydrogens (tertiary/aromatic N) is 1. The van der Waals surface area contributed by atoms with E-state index in [9.17, 15) is 15.3 Å². The molecule has 0 amide bonds. The van der Waals surface area contributed by atoms with E-state index in [1.807, 2.05) is 0 Å². The van der Waals surface area contributed by atoms with E-state index in [0.29, 0.717) is 47.5 Å². The molecule has 57 heavy (non-hydrogen) atoms. The van der Waals surface area contributed by atoms with Crippen molar-refractivity contribution in [2.75, 3.05) is 13.1 Å². The first kappa shape index (κ1) is 38.7. The van der Waals surface area contributed by atoms with Gasteiger partial charge in [0.1, 0.15) is 0 Å². The SMILES string of the molecule is CC1(O)C2CCC3C(CC4C3CC(O)C3CC(O)C5(CCC(Cc6cccc(Cc7ccccc7)c6)C5)CC34C)C2CN2CC(CCCc3ccccc3)CCC21. The van der Waals surface area contributed by atoms with Crippen LogP contribution in [0.15, 0.2) is 84.9 Å². The molecule has 2 aliphatic heterocycles. The number of aliphatic hydroxyl groups is 3. The van der Waals surface area contributed by atoms with Gasteiger partial charge in [-0.2, -0.15) is 0 Å². The number of fused-ring (bicyclic) bond motifs is 8. The number of hydrogen-bond acceptors (Lipinski definition) is 4. The Morgan fingerprint density at radius 3 is 2.21 bits per heavy atom. The van der Waals surface area contributed by atoms with Gasteiger partial charge in [-0.25, -0.2) is 0 Å². The average molecular weight is 770 g/mol. The quantitative estimate of drug-likeness (QED) is 0.214. The van der Waals surface area contributed by atoms with Crippen LogP contribution in [-0.2, 0) is 19.3 Å². The van der Waals surface area contributed by atoms with Gasteiger partial charge in [0.15, 0.2) is 0 Å². The maximum atomic E-state index is 12.5. The number of aliphatic hydroxyl groups excluding tert-OH is 2. The summed E-state index contributed by atoms with van der Waals surface area (Å²) in [5.74, 6) is 5.00. The van der Waals surface area contributed by atoms with E-state index in [1.165, 1.54) is 73.7 Å². The molecule has 3 aromatic rings. The summed E-state index contributed by atoms with van der Waals surface area (Å²) in [6, 6.07) is 31.4. The minimum absolute atomic E-state index is 0.0273. The predicted molar refractivity (Wildman–Crippen MR) is 230 cm³/mol. The Labute approximate surface area is 343 Å². The van der Waals surface area contributed by atoms with Crippen LogP contribution in [0.4, 0.5) is 0 Å². The Bertz CT molecular complexity index is 1840. The summed E-state index contributed by atoms with van der Waals surface area (Å²) in [4.78, 5) is 2.78. The summed E-state index contributed by atoms with van der Waals surface area (Å²) in [7, 11) is 0. The molecular formula is C53H71NO3. The molecule has 7 aliphatic rings. The minimum Gasteiger partial charge on any atom is -0.393 e. The van der Waals surface area contributed by atoms with E-state index in [2.05, 4.69) is 104 Å². The van der Waals surface area contributed by atoms with E-state index in [1.54, 1.807) is 0 Å². The topological polar surface area (TPSA) is 63.9 Å². The Balaban J connectivity index is 0.835. The molecule has 0 radical (unpaired) electrons. The van der Waals surface area contributed by atoms with Gasteiger partial charge < -0.3 is 15.3 Å². The lowest BCUT2D eigenvalue weighted by molar-refractivity contribution is -0.180. The first-order chi connectivity index (χ1) is 27.6. The molecule has 3 aromatic carbocycles. The molecule has 306 valence electrons. The van der Waals surface area contributed by atoms with Crippen molar-refractivity contribution in [3.63, 3.8) is 0 Å². The van der Waals surface area contributed by atoms with Crippen molar-refractivity contribution < 1.29 is 15.3 Å². The highest BCUT2D eigenvalue weighted by atomic mass is 16.3. The number of aryl methyl sites for hydroxylation is 1. The second kappa shape index (κ2) is 15.2. The lowest BCUT2D eigenvalue weighted by Gasteiger charge is -2.60. The van der Waals surface area contributed by atoms with Crippen molar-refractivity contribution in [3.05, 3.63) is 107 Å². The second-order valence-electron chi connectivity index (χ2n) is 21.7. The number of hydrogen-bond donors (Lipinski definition) is 3. The monoisotopic (exact) mass is 770 g/mol. The number of benzene rings is 3. The van der Waals surface area contributed by atoms with Crippen LogP contribution in [-0.4, -0.2) is 57.2 Å². The fraction of sp³-hybridized carbons (Fsp3) is 0.660. The third kappa shape index (κ3) is 6.99. The van der Waals surface area contributed by atoms with Gasteiger partial charge in [-0.05, 0) is 196 Å². The number of rotatable bonds is 8. The zero-order valence-corrected chi connectivity index (χ0v) is 35.0. The van der Waals surface area contributed by atoms with Crippen molar-refractivity contribution in [2.24, 2.45) is 64.1 Å². The normalized spacial score (nSPS) is 43.8. The van der Waals surface area contributed by atoms with Gasteiger partial charge >= 0.3 is 0 Å². The second-order valence-corrected chi connectivity index (χ2v) is 21.7. The molecular weight excluding hydrogens is 699 g/mol. The zero-order valence-electron chi connectivity index (χ0n) is 35.0. The fourth-order valence-electron chi connectivity index (χ4n) is 16.3.